The van der Waals surface area contributed by atoms with Gasteiger partial charge in [0, 0.05) is 12.6 Å². The lowest BCUT2D eigenvalue weighted by atomic mass is 10.2. The lowest BCUT2D eigenvalue weighted by molar-refractivity contribution is -0.116. The van der Waals surface area contributed by atoms with E-state index in [4.69, 9.17) is 0 Å². The summed E-state index contributed by atoms with van der Waals surface area (Å²) in [6.07, 6.45) is 21.4. The van der Waals surface area contributed by atoms with Crippen molar-refractivity contribution in [1.82, 2.24) is 5.32 Å². The molecule has 0 fully saturated rings. The second kappa shape index (κ2) is 13.6. The number of carbonyl (C=O) groups excluding carboxylic acids is 1. The van der Waals surface area contributed by atoms with Crippen molar-refractivity contribution in [2.75, 3.05) is 6.54 Å². The number of unbranched alkanes of at least 4 members (excludes halogenated alkanes) is 1. The second-order valence-electron chi connectivity index (χ2n) is 4.87. The van der Waals surface area contributed by atoms with E-state index in [2.05, 4.69) is 38.2 Å². The predicted octanol–water partition coefficient (Wildman–Crippen LogP) is 4.34. The lowest BCUT2D eigenvalue weighted by Crippen LogP contribution is -2.25. The van der Waals surface area contributed by atoms with E-state index in [-0.39, 0.29) is 5.91 Å². The van der Waals surface area contributed by atoms with E-state index in [1.165, 1.54) is 12.5 Å². The number of rotatable bonds is 9. The third kappa shape index (κ3) is 14.2. The Kier molecular flexibility index (Phi) is 12.4. The minimum atomic E-state index is -0.0479. The molecule has 0 aromatic heterocycles. The molecule has 0 aliphatic rings. The average molecular weight is 273 g/mol. The molecular formula is C18H27NO. The summed E-state index contributed by atoms with van der Waals surface area (Å²) in [7, 11) is 0. The molecule has 0 aromatic carbocycles. The molecule has 0 atom stereocenters. The molecule has 0 heterocycles. The van der Waals surface area contributed by atoms with Crippen LogP contribution in [-0.2, 0) is 4.79 Å². The van der Waals surface area contributed by atoms with Gasteiger partial charge in [0.05, 0.1) is 0 Å². The van der Waals surface area contributed by atoms with Gasteiger partial charge in [0.25, 0.3) is 0 Å². The topological polar surface area (TPSA) is 29.1 Å². The van der Waals surface area contributed by atoms with Crippen molar-refractivity contribution in [2.24, 2.45) is 5.92 Å². The van der Waals surface area contributed by atoms with E-state index in [0.717, 1.165) is 6.42 Å². The van der Waals surface area contributed by atoms with Gasteiger partial charge in [-0.05, 0) is 12.3 Å². The van der Waals surface area contributed by atoms with Crippen LogP contribution in [0, 0.1) is 5.92 Å². The van der Waals surface area contributed by atoms with Crippen molar-refractivity contribution in [3.05, 3.63) is 60.8 Å². The third-order valence-corrected chi connectivity index (χ3v) is 2.30. The van der Waals surface area contributed by atoms with Gasteiger partial charge >= 0.3 is 0 Å². The van der Waals surface area contributed by atoms with Gasteiger partial charge in [0.2, 0.25) is 5.91 Å². The summed E-state index contributed by atoms with van der Waals surface area (Å²) < 4.78 is 0. The summed E-state index contributed by atoms with van der Waals surface area (Å²) in [5, 5.41) is 2.82. The van der Waals surface area contributed by atoms with Crippen LogP contribution in [0.1, 0.15) is 33.6 Å². The standard InChI is InChI=1S/C18H27NO/c1-4-5-6-7-8-9-10-11-12-13-14-15-18(20)19-16-17(2)3/h6-15,17H,4-5,16H2,1-3H3,(H,19,20)/b7-6+,9-8+,11-10+,13-12+,15-14+. The fourth-order valence-corrected chi connectivity index (χ4v) is 1.23. The molecule has 0 rings (SSSR count). The van der Waals surface area contributed by atoms with E-state index >= 15 is 0 Å². The Hall–Kier alpha value is -1.83. The predicted molar refractivity (Wildman–Crippen MR) is 88.5 cm³/mol. The summed E-state index contributed by atoms with van der Waals surface area (Å²) >= 11 is 0. The van der Waals surface area contributed by atoms with Crippen LogP contribution < -0.4 is 5.32 Å². The summed E-state index contributed by atoms with van der Waals surface area (Å²) in [6, 6.07) is 0. The lowest BCUT2D eigenvalue weighted by Gasteiger charge is -2.03. The Morgan fingerprint density at radius 1 is 0.950 bits per heavy atom. The maximum absolute atomic E-state index is 11.3. The van der Waals surface area contributed by atoms with Crippen LogP contribution in [0.4, 0.5) is 0 Å². The summed E-state index contributed by atoms with van der Waals surface area (Å²) in [5.74, 6) is 0.428. The molecule has 1 N–H and O–H groups in total. The molecule has 0 bridgehead atoms. The van der Waals surface area contributed by atoms with Crippen molar-refractivity contribution in [3.63, 3.8) is 0 Å². The Morgan fingerprint density at radius 3 is 2.05 bits per heavy atom. The number of carbonyl (C=O) groups is 1. The van der Waals surface area contributed by atoms with Gasteiger partial charge in [-0.25, -0.2) is 0 Å². The van der Waals surface area contributed by atoms with Crippen LogP contribution in [0.2, 0.25) is 0 Å². The summed E-state index contributed by atoms with van der Waals surface area (Å²) in [4.78, 5) is 11.3. The Balaban J connectivity index is 3.82. The quantitative estimate of drug-likeness (QED) is 0.491. The zero-order chi connectivity index (χ0) is 15.1. The molecule has 110 valence electrons. The van der Waals surface area contributed by atoms with Crippen molar-refractivity contribution in [2.45, 2.75) is 33.6 Å². The molecule has 0 aromatic rings. The van der Waals surface area contributed by atoms with Gasteiger partial charge in [-0.1, -0.05) is 81.9 Å². The molecule has 0 aliphatic heterocycles. The highest BCUT2D eigenvalue weighted by atomic mass is 16.1. The van der Waals surface area contributed by atoms with Crippen molar-refractivity contribution < 1.29 is 4.79 Å². The molecular weight excluding hydrogens is 246 g/mol. The van der Waals surface area contributed by atoms with E-state index < -0.39 is 0 Å². The fourth-order valence-electron chi connectivity index (χ4n) is 1.23. The number of allylic oxidation sites excluding steroid dienone is 9. The fraction of sp³-hybridized carbons (Fsp3) is 0.389. The molecule has 2 nitrogen and oxygen atoms in total. The first-order valence-electron chi connectivity index (χ1n) is 7.27. The highest BCUT2D eigenvalue weighted by molar-refractivity contribution is 5.87. The maximum Gasteiger partial charge on any atom is 0.243 e. The van der Waals surface area contributed by atoms with Crippen LogP contribution in [0.15, 0.2) is 60.8 Å². The SMILES string of the molecule is CCC/C=C/C=C/C=C/C=C/C=C/C(=O)NCC(C)C. The third-order valence-electron chi connectivity index (χ3n) is 2.30. The molecule has 0 unspecified atom stereocenters. The monoisotopic (exact) mass is 273 g/mol. The van der Waals surface area contributed by atoms with Crippen molar-refractivity contribution >= 4 is 5.91 Å². The molecule has 0 saturated carbocycles. The van der Waals surface area contributed by atoms with Crippen LogP contribution in [-0.4, -0.2) is 12.5 Å². The molecule has 20 heavy (non-hydrogen) atoms. The molecule has 0 radical (unpaired) electrons. The Morgan fingerprint density at radius 2 is 1.50 bits per heavy atom. The first-order chi connectivity index (χ1) is 9.66. The molecule has 1 amide bonds. The van der Waals surface area contributed by atoms with Gasteiger partial charge in [-0.15, -0.1) is 0 Å². The maximum atomic E-state index is 11.3. The van der Waals surface area contributed by atoms with E-state index in [0.29, 0.717) is 12.5 Å². The zero-order valence-electron chi connectivity index (χ0n) is 12.9. The highest BCUT2D eigenvalue weighted by Gasteiger charge is 1.95. The largest absolute Gasteiger partial charge is 0.352 e. The summed E-state index contributed by atoms with van der Waals surface area (Å²) in [5.41, 5.74) is 0. The number of hydrogen-bond acceptors (Lipinski definition) is 1. The Bertz CT molecular complexity index is 384. The first kappa shape index (κ1) is 18.2. The van der Waals surface area contributed by atoms with Gasteiger partial charge in [-0.2, -0.15) is 0 Å². The summed E-state index contributed by atoms with van der Waals surface area (Å²) in [6.45, 7) is 7.01. The zero-order valence-corrected chi connectivity index (χ0v) is 12.9. The van der Waals surface area contributed by atoms with Crippen molar-refractivity contribution in [3.8, 4) is 0 Å². The number of amides is 1. The van der Waals surface area contributed by atoms with E-state index in [9.17, 15) is 4.79 Å². The van der Waals surface area contributed by atoms with Crippen LogP contribution in [0.5, 0.6) is 0 Å². The normalized spacial score (nSPS) is 13.0. The molecule has 0 saturated heterocycles. The Labute approximate surface area is 123 Å². The smallest absolute Gasteiger partial charge is 0.243 e. The van der Waals surface area contributed by atoms with Crippen LogP contribution in [0.3, 0.4) is 0 Å². The first-order valence-corrected chi connectivity index (χ1v) is 7.27. The minimum Gasteiger partial charge on any atom is -0.352 e. The van der Waals surface area contributed by atoms with Gasteiger partial charge in [0.1, 0.15) is 0 Å². The van der Waals surface area contributed by atoms with Crippen LogP contribution in [0.25, 0.3) is 0 Å². The average Bonchev–Trinajstić information content (AvgIpc) is 2.42. The van der Waals surface area contributed by atoms with Gasteiger partial charge < -0.3 is 5.32 Å². The minimum absolute atomic E-state index is 0.0479. The number of nitrogens with one attached hydrogen (secondary N) is 1. The van der Waals surface area contributed by atoms with Crippen molar-refractivity contribution in [1.29, 1.82) is 0 Å². The molecule has 0 aliphatic carbocycles. The molecule has 0 spiro atoms. The van der Waals surface area contributed by atoms with E-state index in [1.54, 1.807) is 6.08 Å². The molecule has 2 heteroatoms. The second-order valence-corrected chi connectivity index (χ2v) is 4.87. The van der Waals surface area contributed by atoms with Gasteiger partial charge in [-0.3, -0.25) is 4.79 Å². The van der Waals surface area contributed by atoms with Crippen LogP contribution >= 0.6 is 0 Å². The highest BCUT2D eigenvalue weighted by Crippen LogP contribution is 1.90. The van der Waals surface area contributed by atoms with E-state index in [1.807, 2.05) is 36.5 Å². The van der Waals surface area contributed by atoms with Gasteiger partial charge in [0.15, 0.2) is 0 Å². The number of hydrogen-bond donors (Lipinski definition) is 1.